The molecule has 0 radical (unpaired) electrons. The number of benzene rings is 2. The molecule has 1 heterocycles. The van der Waals surface area contributed by atoms with Gasteiger partial charge < -0.3 is 4.74 Å². The number of ether oxygens (including phenoxy) is 1. The molecule has 10 heteroatoms. The second-order valence-electron chi connectivity index (χ2n) is 5.89. The van der Waals surface area contributed by atoms with Crippen molar-refractivity contribution in [3.8, 4) is 11.5 Å². The van der Waals surface area contributed by atoms with Crippen LogP contribution in [0.3, 0.4) is 0 Å². The fraction of sp³-hybridized carbons (Fsp3) is 0.0500. The second kappa shape index (κ2) is 8.83. The predicted molar refractivity (Wildman–Crippen MR) is 102 cm³/mol. The van der Waals surface area contributed by atoms with Crippen LogP contribution in [-0.4, -0.2) is 16.8 Å². The van der Waals surface area contributed by atoms with Gasteiger partial charge in [0.05, 0.1) is 10.6 Å². The zero-order valence-corrected chi connectivity index (χ0v) is 15.8. The quantitative estimate of drug-likeness (QED) is 0.586. The number of halogens is 4. The number of nitrogens with zero attached hydrogens (tertiary/aromatic N) is 1. The van der Waals surface area contributed by atoms with Crippen molar-refractivity contribution >= 4 is 23.4 Å². The van der Waals surface area contributed by atoms with Gasteiger partial charge in [-0.05, 0) is 36.4 Å². The number of carbonyl (C=O) groups is 2. The smallest absolute Gasteiger partial charge is 0.417 e. The predicted octanol–water partition coefficient (Wildman–Crippen LogP) is 4.62. The van der Waals surface area contributed by atoms with Gasteiger partial charge in [-0.3, -0.25) is 25.4 Å². The summed E-state index contributed by atoms with van der Waals surface area (Å²) in [7, 11) is 0. The SMILES string of the molecule is O=C(NNC(=O)c1cc(Oc2ccccc2)ccn1)c1ccc(Cl)c(C(F)(F)F)c1. The van der Waals surface area contributed by atoms with Crippen LogP contribution in [-0.2, 0) is 6.18 Å². The molecule has 0 aliphatic rings. The summed E-state index contributed by atoms with van der Waals surface area (Å²) in [6.45, 7) is 0. The molecule has 0 saturated carbocycles. The number of alkyl halides is 3. The molecule has 2 N–H and O–H groups in total. The van der Waals surface area contributed by atoms with Gasteiger partial charge in [0.15, 0.2) is 0 Å². The number of hydrazine groups is 1. The molecule has 0 unspecified atom stereocenters. The number of aromatic nitrogens is 1. The van der Waals surface area contributed by atoms with Crippen molar-refractivity contribution < 1.29 is 27.5 Å². The highest BCUT2D eigenvalue weighted by Crippen LogP contribution is 2.35. The van der Waals surface area contributed by atoms with Crippen LogP contribution >= 0.6 is 11.6 Å². The Bertz CT molecular complexity index is 1080. The van der Waals surface area contributed by atoms with Gasteiger partial charge >= 0.3 is 6.18 Å². The Balaban J connectivity index is 1.66. The number of nitrogens with one attached hydrogen (secondary N) is 2. The minimum Gasteiger partial charge on any atom is -0.457 e. The van der Waals surface area contributed by atoms with Crippen molar-refractivity contribution in [2.24, 2.45) is 0 Å². The summed E-state index contributed by atoms with van der Waals surface area (Å²) >= 11 is 5.52. The largest absolute Gasteiger partial charge is 0.457 e. The molecule has 154 valence electrons. The molecule has 0 aliphatic heterocycles. The average Bonchev–Trinajstić information content (AvgIpc) is 2.72. The normalized spacial score (nSPS) is 10.9. The number of para-hydroxylation sites is 1. The van der Waals surface area contributed by atoms with Gasteiger partial charge in [0, 0.05) is 17.8 Å². The van der Waals surface area contributed by atoms with E-state index in [-0.39, 0.29) is 11.3 Å². The van der Waals surface area contributed by atoms with E-state index in [1.54, 1.807) is 24.3 Å². The van der Waals surface area contributed by atoms with Gasteiger partial charge in [0.25, 0.3) is 11.8 Å². The zero-order chi connectivity index (χ0) is 21.7. The highest BCUT2D eigenvalue weighted by Gasteiger charge is 2.33. The number of rotatable bonds is 4. The molecule has 0 spiro atoms. The van der Waals surface area contributed by atoms with Crippen LogP contribution in [0.15, 0.2) is 66.9 Å². The van der Waals surface area contributed by atoms with Gasteiger partial charge in [0.1, 0.15) is 17.2 Å². The van der Waals surface area contributed by atoms with Crippen LogP contribution < -0.4 is 15.6 Å². The molecule has 3 aromatic rings. The van der Waals surface area contributed by atoms with Gasteiger partial charge in [-0.2, -0.15) is 13.2 Å². The summed E-state index contributed by atoms with van der Waals surface area (Å²) in [6.07, 6.45) is -3.39. The lowest BCUT2D eigenvalue weighted by molar-refractivity contribution is -0.137. The van der Waals surface area contributed by atoms with Crippen LogP contribution in [0, 0.1) is 0 Å². The van der Waals surface area contributed by atoms with E-state index in [2.05, 4.69) is 10.4 Å². The molecule has 30 heavy (non-hydrogen) atoms. The number of hydrogen-bond acceptors (Lipinski definition) is 4. The molecule has 0 aliphatic carbocycles. The Hall–Kier alpha value is -3.59. The summed E-state index contributed by atoms with van der Waals surface area (Å²) in [4.78, 5) is 28.2. The number of pyridine rings is 1. The fourth-order valence-corrected chi connectivity index (χ4v) is 2.58. The highest BCUT2D eigenvalue weighted by molar-refractivity contribution is 6.31. The summed E-state index contributed by atoms with van der Waals surface area (Å²) in [5.74, 6) is -0.860. The van der Waals surface area contributed by atoms with E-state index in [9.17, 15) is 22.8 Å². The first-order valence-electron chi connectivity index (χ1n) is 8.40. The number of carbonyl (C=O) groups excluding carboxylic acids is 2. The summed E-state index contributed by atoms with van der Waals surface area (Å²) in [5.41, 5.74) is 2.56. The third-order valence-corrected chi connectivity index (χ3v) is 4.10. The summed E-state index contributed by atoms with van der Waals surface area (Å²) in [6, 6.07) is 14.4. The van der Waals surface area contributed by atoms with Crippen molar-refractivity contribution in [3.63, 3.8) is 0 Å². The van der Waals surface area contributed by atoms with Crippen LogP contribution in [0.5, 0.6) is 11.5 Å². The van der Waals surface area contributed by atoms with E-state index >= 15 is 0 Å². The zero-order valence-electron chi connectivity index (χ0n) is 15.0. The minimum absolute atomic E-state index is 0.0733. The van der Waals surface area contributed by atoms with Crippen LogP contribution in [0.2, 0.25) is 5.02 Å². The molecule has 0 fully saturated rings. The van der Waals surface area contributed by atoms with E-state index < -0.39 is 28.6 Å². The first-order chi connectivity index (χ1) is 14.2. The lowest BCUT2D eigenvalue weighted by atomic mass is 10.1. The van der Waals surface area contributed by atoms with Gasteiger partial charge in [-0.1, -0.05) is 29.8 Å². The fourth-order valence-electron chi connectivity index (χ4n) is 2.36. The van der Waals surface area contributed by atoms with Crippen molar-refractivity contribution in [2.75, 3.05) is 0 Å². The average molecular weight is 436 g/mol. The first-order valence-corrected chi connectivity index (χ1v) is 8.78. The van der Waals surface area contributed by atoms with Crippen molar-refractivity contribution in [3.05, 3.63) is 88.7 Å². The van der Waals surface area contributed by atoms with E-state index in [0.717, 1.165) is 12.1 Å². The third kappa shape index (κ3) is 5.26. The Morgan fingerprint density at radius 1 is 0.900 bits per heavy atom. The van der Waals surface area contributed by atoms with Crippen molar-refractivity contribution in [1.82, 2.24) is 15.8 Å². The Labute approximate surface area is 173 Å². The van der Waals surface area contributed by atoms with E-state index in [4.69, 9.17) is 16.3 Å². The molecular weight excluding hydrogens is 423 g/mol. The van der Waals surface area contributed by atoms with Gasteiger partial charge in [-0.15, -0.1) is 0 Å². The first kappa shape index (κ1) is 21.1. The molecule has 0 saturated heterocycles. The molecule has 3 rings (SSSR count). The maximum Gasteiger partial charge on any atom is 0.417 e. The number of amides is 2. The highest BCUT2D eigenvalue weighted by atomic mass is 35.5. The Kier molecular flexibility index (Phi) is 6.22. The molecule has 0 bridgehead atoms. The molecule has 2 amide bonds. The van der Waals surface area contributed by atoms with E-state index in [1.807, 2.05) is 11.5 Å². The maximum atomic E-state index is 12.9. The Morgan fingerprint density at radius 2 is 1.60 bits per heavy atom. The molecule has 0 atom stereocenters. The lowest BCUT2D eigenvalue weighted by Gasteiger charge is -2.12. The summed E-state index contributed by atoms with van der Waals surface area (Å²) < 4.78 is 44.3. The monoisotopic (exact) mass is 435 g/mol. The van der Waals surface area contributed by atoms with Crippen molar-refractivity contribution in [2.45, 2.75) is 6.18 Å². The van der Waals surface area contributed by atoms with Crippen LogP contribution in [0.1, 0.15) is 26.4 Å². The molecule has 2 aromatic carbocycles. The second-order valence-corrected chi connectivity index (χ2v) is 6.30. The lowest BCUT2D eigenvalue weighted by Crippen LogP contribution is -2.42. The van der Waals surface area contributed by atoms with Crippen LogP contribution in [0.4, 0.5) is 13.2 Å². The standard InChI is InChI=1S/C20H13ClF3N3O3/c21-16-7-6-12(10-15(16)20(22,23)24)18(28)26-27-19(29)17-11-14(8-9-25-17)30-13-4-2-1-3-5-13/h1-11H,(H,26,28)(H,27,29). The number of hydrogen-bond donors (Lipinski definition) is 2. The van der Waals surface area contributed by atoms with E-state index in [1.165, 1.54) is 18.3 Å². The third-order valence-electron chi connectivity index (χ3n) is 3.77. The van der Waals surface area contributed by atoms with E-state index in [0.29, 0.717) is 17.6 Å². The van der Waals surface area contributed by atoms with Crippen LogP contribution in [0.25, 0.3) is 0 Å². The maximum absolute atomic E-state index is 12.9. The minimum atomic E-state index is -4.72. The van der Waals surface area contributed by atoms with Crippen molar-refractivity contribution in [1.29, 1.82) is 0 Å². The summed E-state index contributed by atoms with van der Waals surface area (Å²) in [5, 5.41) is -0.539. The Morgan fingerprint density at radius 3 is 2.30 bits per heavy atom. The van der Waals surface area contributed by atoms with Gasteiger partial charge in [-0.25, -0.2) is 0 Å². The topological polar surface area (TPSA) is 80.3 Å². The molecular formula is C20H13ClF3N3O3. The molecule has 1 aromatic heterocycles. The molecule has 6 nitrogen and oxygen atoms in total. The van der Waals surface area contributed by atoms with Gasteiger partial charge in [0.2, 0.25) is 0 Å².